The highest BCUT2D eigenvalue weighted by Crippen LogP contribution is 2.30. The lowest BCUT2D eigenvalue weighted by Crippen LogP contribution is -2.25. The van der Waals surface area contributed by atoms with E-state index < -0.39 is 12.6 Å². The molecular formula is C12H16ClF3N2. The van der Waals surface area contributed by atoms with Crippen LogP contribution in [0.25, 0.3) is 0 Å². The van der Waals surface area contributed by atoms with E-state index in [0.29, 0.717) is 23.7 Å². The van der Waals surface area contributed by atoms with Gasteiger partial charge in [-0.15, -0.1) is 0 Å². The Morgan fingerprint density at radius 2 is 2.00 bits per heavy atom. The third kappa shape index (κ3) is 4.38. The Kier molecular flexibility index (Phi) is 5.28. The van der Waals surface area contributed by atoms with Gasteiger partial charge in [0.1, 0.15) is 0 Å². The van der Waals surface area contributed by atoms with Gasteiger partial charge in [-0.1, -0.05) is 23.7 Å². The number of nitrogens with two attached hydrogens (primary N) is 1. The second-order valence-corrected chi connectivity index (χ2v) is 4.48. The molecule has 18 heavy (non-hydrogen) atoms. The highest BCUT2D eigenvalue weighted by Gasteiger charge is 2.27. The minimum Gasteiger partial charge on any atom is -0.373 e. The van der Waals surface area contributed by atoms with Crippen LogP contribution in [0.3, 0.4) is 0 Å². The fraction of sp³-hybridized carbons (Fsp3) is 0.500. The lowest BCUT2D eigenvalue weighted by molar-refractivity contribution is -0.132. The summed E-state index contributed by atoms with van der Waals surface area (Å²) in [7, 11) is 1.60. The molecule has 1 aromatic rings. The molecular weight excluding hydrogens is 265 g/mol. The topological polar surface area (TPSA) is 29.3 Å². The summed E-state index contributed by atoms with van der Waals surface area (Å²) in [6.07, 6.45) is -4.44. The van der Waals surface area contributed by atoms with Crippen molar-refractivity contribution >= 4 is 17.3 Å². The average molecular weight is 281 g/mol. The largest absolute Gasteiger partial charge is 0.390 e. The van der Waals surface area contributed by atoms with Crippen LogP contribution in [0.5, 0.6) is 0 Å². The van der Waals surface area contributed by atoms with Gasteiger partial charge in [0.2, 0.25) is 0 Å². The van der Waals surface area contributed by atoms with Gasteiger partial charge in [0.15, 0.2) is 0 Å². The fourth-order valence-electron chi connectivity index (χ4n) is 1.75. The van der Waals surface area contributed by atoms with Crippen molar-refractivity contribution < 1.29 is 13.2 Å². The van der Waals surface area contributed by atoms with Crippen LogP contribution in [0, 0.1) is 0 Å². The van der Waals surface area contributed by atoms with Crippen LogP contribution in [0.4, 0.5) is 18.9 Å². The smallest absolute Gasteiger partial charge is 0.373 e. The van der Waals surface area contributed by atoms with Crippen molar-refractivity contribution in [1.82, 2.24) is 0 Å². The molecule has 6 heteroatoms. The van der Waals surface area contributed by atoms with Crippen LogP contribution in [-0.4, -0.2) is 26.3 Å². The van der Waals surface area contributed by atoms with E-state index in [1.165, 1.54) is 4.90 Å². The zero-order valence-corrected chi connectivity index (χ0v) is 10.9. The Bertz CT molecular complexity index is 393. The van der Waals surface area contributed by atoms with Crippen molar-refractivity contribution in [2.75, 3.05) is 25.0 Å². The van der Waals surface area contributed by atoms with Gasteiger partial charge in [-0.05, 0) is 24.6 Å². The number of halogens is 4. The Labute approximate surface area is 110 Å². The van der Waals surface area contributed by atoms with Crippen molar-refractivity contribution in [3.05, 3.63) is 28.8 Å². The molecule has 0 unspecified atom stereocenters. The maximum atomic E-state index is 12.2. The maximum Gasteiger partial charge on any atom is 0.390 e. The van der Waals surface area contributed by atoms with Crippen LogP contribution in [-0.2, 0) is 6.42 Å². The number of hydrogen-bond donors (Lipinski definition) is 1. The number of rotatable bonds is 5. The van der Waals surface area contributed by atoms with E-state index in [4.69, 9.17) is 17.3 Å². The van der Waals surface area contributed by atoms with E-state index in [9.17, 15) is 13.2 Å². The highest BCUT2D eigenvalue weighted by atomic mass is 35.5. The van der Waals surface area contributed by atoms with Crippen LogP contribution >= 0.6 is 11.6 Å². The van der Waals surface area contributed by atoms with E-state index >= 15 is 0 Å². The van der Waals surface area contributed by atoms with E-state index in [-0.39, 0.29) is 6.54 Å². The SMILES string of the molecule is CN(CCC(F)(F)F)c1c(Cl)cccc1CCN. The summed E-state index contributed by atoms with van der Waals surface area (Å²) in [4.78, 5) is 1.53. The first-order chi connectivity index (χ1) is 8.35. The number of alkyl halides is 3. The Balaban J connectivity index is 2.86. The predicted molar refractivity (Wildman–Crippen MR) is 68.2 cm³/mol. The van der Waals surface area contributed by atoms with Crippen molar-refractivity contribution in [3.8, 4) is 0 Å². The first-order valence-electron chi connectivity index (χ1n) is 5.60. The summed E-state index contributed by atoms with van der Waals surface area (Å²) in [5.41, 5.74) is 6.98. The molecule has 0 heterocycles. The molecule has 0 bridgehead atoms. The molecule has 0 saturated heterocycles. The van der Waals surface area contributed by atoms with Crippen LogP contribution in [0.2, 0.25) is 5.02 Å². The summed E-state index contributed by atoms with van der Waals surface area (Å²) < 4.78 is 36.6. The number of anilines is 1. The average Bonchev–Trinajstić information content (AvgIpc) is 2.26. The molecule has 102 valence electrons. The lowest BCUT2D eigenvalue weighted by atomic mass is 10.1. The number of para-hydroxylation sites is 1. The normalized spacial score (nSPS) is 11.7. The van der Waals surface area contributed by atoms with Crippen molar-refractivity contribution in [1.29, 1.82) is 0 Å². The molecule has 0 amide bonds. The van der Waals surface area contributed by atoms with Crippen molar-refractivity contribution in [2.24, 2.45) is 5.73 Å². The summed E-state index contributed by atoms with van der Waals surface area (Å²) >= 11 is 6.05. The van der Waals surface area contributed by atoms with Gasteiger partial charge in [-0.25, -0.2) is 0 Å². The van der Waals surface area contributed by atoms with Crippen LogP contribution in [0.1, 0.15) is 12.0 Å². The van der Waals surface area contributed by atoms with Gasteiger partial charge < -0.3 is 10.6 Å². The van der Waals surface area contributed by atoms with Crippen LogP contribution < -0.4 is 10.6 Å². The number of nitrogens with zero attached hydrogens (tertiary/aromatic N) is 1. The molecule has 0 aliphatic heterocycles. The van der Waals surface area contributed by atoms with Crippen molar-refractivity contribution in [2.45, 2.75) is 19.0 Å². The molecule has 2 nitrogen and oxygen atoms in total. The second kappa shape index (κ2) is 6.29. The predicted octanol–water partition coefficient (Wildman–Crippen LogP) is 3.23. The van der Waals surface area contributed by atoms with Crippen LogP contribution in [0.15, 0.2) is 18.2 Å². The summed E-state index contributed by atoms with van der Waals surface area (Å²) in [6, 6.07) is 5.27. The molecule has 0 aromatic heterocycles. The van der Waals surface area contributed by atoms with Gasteiger partial charge in [0.25, 0.3) is 0 Å². The Hall–Kier alpha value is -0.940. The van der Waals surface area contributed by atoms with Gasteiger partial charge in [-0.3, -0.25) is 0 Å². The molecule has 0 atom stereocenters. The van der Waals surface area contributed by atoms with E-state index in [2.05, 4.69) is 0 Å². The van der Waals surface area contributed by atoms with Gasteiger partial charge >= 0.3 is 6.18 Å². The first-order valence-corrected chi connectivity index (χ1v) is 5.98. The second-order valence-electron chi connectivity index (χ2n) is 4.07. The molecule has 0 radical (unpaired) electrons. The number of hydrogen-bond acceptors (Lipinski definition) is 2. The zero-order chi connectivity index (χ0) is 13.8. The minimum absolute atomic E-state index is 0.120. The summed E-state index contributed by atoms with van der Waals surface area (Å²) in [6.45, 7) is 0.311. The Morgan fingerprint density at radius 1 is 1.33 bits per heavy atom. The molecule has 0 spiro atoms. The summed E-state index contributed by atoms with van der Waals surface area (Å²) in [5, 5.41) is 0.450. The van der Waals surface area contributed by atoms with E-state index in [1.54, 1.807) is 19.2 Å². The molecule has 0 aliphatic carbocycles. The standard InChI is InChI=1S/C12H16ClF3N2/c1-18(8-6-12(14,15)16)11-9(5-7-17)3-2-4-10(11)13/h2-4H,5-8,17H2,1H3. The molecule has 0 aliphatic rings. The third-order valence-corrected chi connectivity index (χ3v) is 2.90. The Morgan fingerprint density at radius 3 is 2.56 bits per heavy atom. The molecule has 0 saturated carbocycles. The van der Waals surface area contributed by atoms with Gasteiger partial charge in [0.05, 0.1) is 17.1 Å². The fourth-order valence-corrected chi connectivity index (χ4v) is 2.09. The molecule has 1 aromatic carbocycles. The maximum absolute atomic E-state index is 12.2. The molecule has 1 rings (SSSR count). The van der Waals surface area contributed by atoms with Gasteiger partial charge in [-0.2, -0.15) is 13.2 Å². The zero-order valence-electron chi connectivity index (χ0n) is 10.1. The quantitative estimate of drug-likeness (QED) is 0.897. The molecule has 0 fully saturated rings. The van der Waals surface area contributed by atoms with E-state index in [0.717, 1.165) is 5.56 Å². The monoisotopic (exact) mass is 280 g/mol. The lowest BCUT2D eigenvalue weighted by Gasteiger charge is -2.24. The minimum atomic E-state index is -4.16. The van der Waals surface area contributed by atoms with Gasteiger partial charge in [0, 0.05) is 13.6 Å². The highest BCUT2D eigenvalue weighted by molar-refractivity contribution is 6.33. The number of benzene rings is 1. The summed E-state index contributed by atoms with van der Waals surface area (Å²) in [5.74, 6) is 0. The van der Waals surface area contributed by atoms with E-state index in [1.807, 2.05) is 6.07 Å². The molecule has 2 N–H and O–H groups in total. The third-order valence-electron chi connectivity index (χ3n) is 2.60. The van der Waals surface area contributed by atoms with Crippen molar-refractivity contribution in [3.63, 3.8) is 0 Å². The first kappa shape index (κ1) is 15.1.